The van der Waals surface area contributed by atoms with Crippen molar-refractivity contribution in [2.45, 2.75) is 6.92 Å². The molecule has 0 bridgehead atoms. The van der Waals surface area contributed by atoms with Gasteiger partial charge >= 0.3 is 0 Å². The van der Waals surface area contributed by atoms with Crippen molar-refractivity contribution in [3.63, 3.8) is 0 Å². The van der Waals surface area contributed by atoms with Gasteiger partial charge in [-0.1, -0.05) is 42.0 Å². The molecule has 0 fully saturated rings. The summed E-state index contributed by atoms with van der Waals surface area (Å²) < 4.78 is 16.0. The number of hydrogen-bond donors (Lipinski definition) is 0. The molecule has 0 amide bonds. The van der Waals surface area contributed by atoms with Gasteiger partial charge in [0, 0.05) is 11.6 Å². The Morgan fingerprint density at radius 3 is 1.86 bits per heavy atom. The second-order valence-electron chi connectivity index (χ2n) is 4.69. The van der Waals surface area contributed by atoms with Gasteiger partial charge in [0.05, 0.1) is 21.3 Å². The van der Waals surface area contributed by atoms with Gasteiger partial charge in [-0.05, 0) is 18.6 Å². The summed E-state index contributed by atoms with van der Waals surface area (Å²) in [5, 5.41) is 0. The fraction of sp³-hybridized carbons (Fsp3) is 0.222. The van der Waals surface area contributed by atoms with E-state index in [4.69, 9.17) is 14.2 Å². The lowest BCUT2D eigenvalue weighted by Crippen LogP contribution is -1.94. The Hall–Kier alpha value is -2.42. The summed E-state index contributed by atoms with van der Waals surface area (Å²) in [4.78, 5) is 0. The molecule has 0 spiro atoms. The standard InChI is InChI=1S/C18H20O3/c1-13-5-7-14(8-6-13)9-10-15-11-17(20-3)18(21-4)12-16(15)19-2/h5-12H,1-4H3/b10-9+. The molecule has 0 aliphatic rings. The molecule has 0 heterocycles. The molecule has 0 aromatic heterocycles. The van der Waals surface area contributed by atoms with Crippen LogP contribution in [0, 0.1) is 6.92 Å². The lowest BCUT2D eigenvalue weighted by atomic mass is 10.1. The summed E-state index contributed by atoms with van der Waals surface area (Å²) >= 11 is 0. The second-order valence-corrected chi connectivity index (χ2v) is 4.69. The van der Waals surface area contributed by atoms with Gasteiger partial charge in [-0.25, -0.2) is 0 Å². The SMILES string of the molecule is COc1cc(OC)c(OC)cc1/C=C/c1ccc(C)cc1. The minimum atomic E-state index is 0.654. The zero-order valence-electron chi connectivity index (χ0n) is 12.8. The van der Waals surface area contributed by atoms with Crippen LogP contribution in [0.5, 0.6) is 17.2 Å². The van der Waals surface area contributed by atoms with Crippen LogP contribution in [-0.4, -0.2) is 21.3 Å². The van der Waals surface area contributed by atoms with Gasteiger partial charge < -0.3 is 14.2 Å². The Bertz CT molecular complexity index is 628. The van der Waals surface area contributed by atoms with Crippen LogP contribution in [0.1, 0.15) is 16.7 Å². The predicted octanol–water partition coefficient (Wildman–Crippen LogP) is 4.19. The fourth-order valence-corrected chi connectivity index (χ4v) is 2.05. The topological polar surface area (TPSA) is 27.7 Å². The van der Waals surface area contributed by atoms with Gasteiger partial charge in [0.1, 0.15) is 5.75 Å². The van der Waals surface area contributed by atoms with Crippen LogP contribution in [0.25, 0.3) is 12.2 Å². The molecule has 0 N–H and O–H groups in total. The normalized spacial score (nSPS) is 10.7. The maximum Gasteiger partial charge on any atom is 0.164 e. The van der Waals surface area contributed by atoms with E-state index in [0.717, 1.165) is 16.9 Å². The van der Waals surface area contributed by atoms with Crippen molar-refractivity contribution in [2.75, 3.05) is 21.3 Å². The first-order chi connectivity index (χ1) is 10.2. The maximum absolute atomic E-state index is 5.41. The first kappa shape index (κ1) is 15.0. The molecule has 3 heteroatoms. The van der Waals surface area contributed by atoms with Crippen LogP contribution in [0.2, 0.25) is 0 Å². The first-order valence-electron chi connectivity index (χ1n) is 6.72. The monoisotopic (exact) mass is 284 g/mol. The average Bonchev–Trinajstić information content (AvgIpc) is 2.53. The third-order valence-corrected chi connectivity index (χ3v) is 3.27. The van der Waals surface area contributed by atoms with Crippen molar-refractivity contribution in [2.24, 2.45) is 0 Å². The van der Waals surface area contributed by atoms with Crippen LogP contribution in [0.15, 0.2) is 36.4 Å². The maximum atomic E-state index is 5.41. The van der Waals surface area contributed by atoms with Crippen molar-refractivity contribution in [3.8, 4) is 17.2 Å². The molecule has 0 radical (unpaired) electrons. The van der Waals surface area contributed by atoms with Crippen LogP contribution in [0.3, 0.4) is 0 Å². The molecule has 0 saturated carbocycles. The Labute approximate surface area is 125 Å². The number of benzene rings is 2. The Kier molecular flexibility index (Phi) is 4.88. The quantitative estimate of drug-likeness (QED) is 0.770. The van der Waals surface area contributed by atoms with E-state index in [-0.39, 0.29) is 0 Å². The minimum Gasteiger partial charge on any atom is -0.496 e. The number of rotatable bonds is 5. The predicted molar refractivity (Wildman–Crippen MR) is 86.2 cm³/mol. The first-order valence-corrected chi connectivity index (χ1v) is 6.72. The van der Waals surface area contributed by atoms with Gasteiger partial charge in [-0.3, -0.25) is 0 Å². The lowest BCUT2D eigenvalue weighted by molar-refractivity contribution is 0.348. The van der Waals surface area contributed by atoms with Crippen LogP contribution >= 0.6 is 0 Å². The molecule has 21 heavy (non-hydrogen) atoms. The molecular formula is C18H20O3. The highest BCUT2D eigenvalue weighted by atomic mass is 16.5. The molecule has 3 nitrogen and oxygen atoms in total. The Morgan fingerprint density at radius 2 is 1.29 bits per heavy atom. The summed E-state index contributed by atoms with van der Waals surface area (Å²) in [7, 11) is 4.88. The molecule has 0 aliphatic heterocycles. The molecule has 0 atom stereocenters. The second kappa shape index (κ2) is 6.84. The van der Waals surface area contributed by atoms with Crippen LogP contribution in [0.4, 0.5) is 0 Å². The van der Waals surface area contributed by atoms with Crippen LogP contribution < -0.4 is 14.2 Å². The van der Waals surface area contributed by atoms with E-state index in [1.165, 1.54) is 5.56 Å². The van der Waals surface area contributed by atoms with Crippen molar-refractivity contribution in [1.29, 1.82) is 0 Å². The van der Waals surface area contributed by atoms with E-state index >= 15 is 0 Å². The highest BCUT2D eigenvalue weighted by Crippen LogP contribution is 2.35. The highest BCUT2D eigenvalue weighted by molar-refractivity contribution is 5.74. The molecule has 110 valence electrons. The van der Waals surface area contributed by atoms with E-state index in [2.05, 4.69) is 31.2 Å². The van der Waals surface area contributed by atoms with Crippen LogP contribution in [-0.2, 0) is 0 Å². The van der Waals surface area contributed by atoms with Crippen molar-refractivity contribution >= 4 is 12.2 Å². The molecule has 2 aromatic carbocycles. The number of aryl methyl sites for hydroxylation is 1. The zero-order valence-corrected chi connectivity index (χ0v) is 12.8. The summed E-state index contributed by atoms with van der Waals surface area (Å²) in [6.07, 6.45) is 4.05. The fourth-order valence-electron chi connectivity index (χ4n) is 2.05. The van der Waals surface area contributed by atoms with Crippen molar-refractivity contribution < 1.29 is 14.2 Å². The van der Waals surface area contributed by atoms with Gasteiger partial charge in [0.2, 0.25) is 0 Å². The zero-order chi connectivity index (χ0) is 15.2. The molecule has 2 aromatic rings. The summed E-state index contributed by atoms with van der Waals surface area (Å²) in [5.74, 6) is 2.08. The van der Waals surface area contributed by atoms with Gasteiger partial charge in [0.25, 0.3) is 0 Å². The Morgan fingerprint density at radius 1 is 0.714 bits per heavy atom. The average molecular weight is 284 g/mol. The van der Waals surface area contributed by atoms with E-state index in [1.807, 2.05) is 24.3 Å². The lowest BCUT2D eigenvalue weighted by Gasteiger charge is -2.12. The third-order valence-electron chi connectivity index (χ3n) is 3.27. The molecule has 2 rings (SSSR count). The molecule has 0 unspecified atom stereocenters. The van der Waals surface area contributed by atoms with Gasteiger partial charge in [-0.15, -0.1) is 0 Å². The third kappa shape index (κ3) is 3.57. The molecular weight excluding hydrogens is 264 g/mol. The van der Waals surface area contributed by atoms with E-state index in [0.29, 0.717) is 11.5 Å². The number of methoxy groups -OCH3 is 3. The van der Waals surface area contributed by atoms with E-state index in [9.17, 15) is 0 Å². The smallest absolute Gasteiger partial charge is 0.164 e. The summed E-state index contributed by atoms with van der Waals surface area (Å²) in [5.41, 5.74) is 3.32. The largest absolute Gasteiger partial charge is 0.496 e. The van der Waals surface area contributed by atoms with Gasteiger partial charge in [0.15, 0.2) is 11.5 Å². The number of ether oxygens (including phenoxy) is 3. The Balaban J connectivity index is 2.36. The molecule has 0 aliphatic carbocycles. The molecule has 0 saturated heterocycles. The van der Waals surface area contributed by atoms with Crippen molar-refractivity contribution in [1.82, 2.24) is 0 Å². The minimum absolute atomic E-state index is 0.654. The summed E-state index contributed by atoms with van der Waals surface area (Å²) in [6, 6.07) is 12.1. The van der Waals surface area contributed by atoms with E-state index in [1.54, 1.807) is 21.3 Å². The number of hydrogen-bond acceptors (Lipinski definition) is 3. The highest BCUT2D eigenvalue weighted by Gasteiger charge is 2.09. The van der Waals surface area contributed by atoms with E-state index < -0.39 is 0 Å². The van der Waals surface area contributed by atoms with Gasteiger partial charge in [-0.2, -0.15) is 0 Å². The van der Waals surface area contributed by atoms with Crippen molar-refractivity contribution in [3.05, 3.63) is 53.1 Å². The summed E-state index contributed by atoms with van der Waals surface area (Å²) in [6.45, 7) is 2.07.